The number of urea groups is 1. The molecule has 0 radical (unpaired) electrons. The summed E-state index contributed by atoms with van der Waals surface area (Å²) >= 11 is 1.52. The molecule has 2 N–H and O–H groups in total. The van der Waals surface area contributed by atoms with Crippen LogP contribution in [0.1, 0.15) is 42.2 Å². The lowest BCUT2D eigenvalue weighted by molar-refractivity contribution is 0.235. The second-order valence-corrected chi connectivity index (χ2v) is 5.83. The number of hydrogen-bond acceptors (Lipinski definition) is 3. The molecule has 0 aliphatic heterocycles. The monoisotopic (exact) mass is 307 g/mol. The van der Waals surface area contributed by atoms with E-state index in [4.69, 9.17) is 0 Å². The normalized spacial score (nSPS) is 13.5. The van der Waals surface area contributed by atoms with E-state index in [0.29, 0.717) is 0 Å². The van der Waals surface area contributed by atoms with Crippen molar-refractivity contribution < 1.29 is 9.18 Å². The first-order valence-electron chi connectivity index (χ1n) is 6.70. The summed E-state index contributed by atoms with van der Waals surface area (Å²) in [5.74, 6) is -0.289. The Bertz CT molecular complexity index is 612. The second-order valence-electron chi connectivity index (χ2n) is 4.94. The summed E-state index contributed by atoms with van der Waals surface area (Å²) in [6, 6.07) is 5.47. The predicted molar refractivity (Wildman–Crippen MR) is 81.7 cm³/mol. The van der Waals surface area contributed by atoms with Gasteiger partial charge in [-0.05, 0) is 38.5 Å². The van der Waals surface area contributed by atoms with E-state index >= 15 is 0 Å². The van der Waals surface area contributed by atoms with E-state index in [2.05, 4.69) is 15.6 Å². The van der Waals surface area contributed by atoms with Crippen LogP contribution in [0.4, 0.5) is 9.18 Å². The number of nitrogens with zero attached hydrogens (tertiary/aromatic N) is 1. The highest BCUT2D eigenvalue weighted by Crippen LogP contribution is 2.18. The Balaban J connectivity index is 1.90. The molecule has 2 rings (SSSR count). The van der Waals surface area contributed by atoms with Crippen LogP contribution in [0.25, 0.3) is 0 Å². The maximum absolute atomic E-state index is 12.9. The SMILES string of the molecule is Cc1csc([C@H](C)NC(=O)N[C@H](C)c2ccc(F)cc2)n1. The molecule has 6 heteroatoms. The Morgan fingerprint density at radius 3 is 2.38 bits per heavy atom. The van der Waals surface area contributed by atoms with Crippen LogP contribution < -0.4 is 10.6 Å². The van der Waals surface area contributed by atoms with Crippen LogP contribution >= 0.6 is 11.3 Å². The van der Waals surface area contributed by atoms with Crippen molar-refractivity contribution >= 4 is 17.4 Å². The topological polar surface area (TPSA) is 54.0 Å². The van der Waals surface area contributed by atoms with Crippen LogP contribution in [0.15, 0.2) is 29.6 Å². The highest BCUT2D eigenvalue weighted by Gasteiger charge is 2.14. The third kappa shape index (κ3) is 4.26. The van der Waals surface area contributed by atoms with Crippen molar-refractivity contribution in [2.45, 2.75) is 32.9 Å². The minimum atomic E-state index is -0.289. The minimum Gasteiger partial charge on any atom is -0.332 e. The second kappa shape index (κ2) is 6.67. The molecule has 1 heterocycles. The van der Waals surface area contributed by atoms with E-state index in [1.807, 2.05) is 26.2 Å². The number of halogens is 1. The van der Waals surface area contributed by atoms with Crippen LogP contribution in [-0.4, -0.2) is 11.0 Å². The van der Waals surface area contributed by atoms with Crippen LogP contribution in [0.5, 0.6) is 0 Å². The number of thiazole rings is 1. The summed E-state index contributed by atoms with van der Waals surface area (Å²) < 4.78 is 12.9. The molecule has 0 aliphatic rings. The summed E-state index contributed by atoms with van der Waals surface area (Å²) in [5.41, 5.74) is 1.80. The average Bonchev–Trinajstić information content (AvgIpc) is 2.86. The lowest BCUT2D eigenvalue weighted by Crippen LogP contribution is -2.38. The Kier molecular flexibility index (Phi) is 4.90. The lowest BCUT2D eigenvalue weighted by Gasteiger charge is -2.17. The number of carbonyl (C=O) groups is 1. The number of rotatable bonds is 4. The molecule has 1 aromatic carbocycles. The molecule has 0 unspecified atom stereocenters. The van der Waals surface area contributed by atoms with Crippen LogP contribution in [0.3, 0.4) is 0 Å². The van der Waals surface area contributed by atoms with Gasteiger partial charge in [0.05, 0.1) is 12.1 Å². The molecule has 0 aliphatic carbocycles. The standard InChI is InChI=1S/C15H18FN3OS/c1-9-8-21-14(17-9)11(3)19-15(20)18-10(2)12-4-6-13(16)7-5-12/h4-8,10-11H,1-3H3,(H2,18,19,20)/t10-,11+/m1/s1. The van der Waals surface area contributed by atoms with E-state index in [-0.39, 0.29) is 23.9 Å². The zero-order valence-electron chi connectivity index (χ0n) is 12.2. The largest absolute Gasteiger partial charge is 0.332 e. The van der Waals surface area contributed by atoms with Gasteiger partial charge in [-0.1, -0.05) is 12.1 Å². The van der Waals surface area contributed by atoms with Gasteiger partial charge in [0.25, 0.3) is 0 Å². The molecule has 0 saturated heterocycles. The summed E-state index contributed by atoms with van der Waals surface area (Å²) in [5, 5.41) is 8.50. The Morgan fingerprint density at radius 2 is 1.81 bits per heavy atom. The van der Waals surface area contributed by atoms with E-state index in [1.165, 1.54) is 23.5 Å². The fourth-order valence-corrected chi connectivity index (χ4v) is 2.71. The third-order valence-corrected chi connectivity index (χ3v) is 4.22. The van der Waals surface area contributed by atoms with Crippen LogP contribution in [0, 0.1) is 12.7 Å². The quantitative estimate of drug-likeness (QED) is 0.904. The fraction of sp³-hybridized carbons (Fsp3) is 0.333. The molecule has 0 saturated carbocycles. The summed E-state index contributed by atoms with van der Waals surface area (Å²) in [4.78, 5) is 16.3. The van der Waals surface area contributed by atoms with E-state index in [0.717, 1.165) is 16.3 Å². The van der Waals surface area contributed by atoms with Gasteiger partial charge in [-0.25, -0.2) is 14.2 Å². The molecule has 0 spiro atoms. The molecule has 2 amide bonds. The fourth-order valence-electron chi connectivity index (χ4n) is 1.90. The van der Waals surface area contributed by atoms with Gasteiger partial charge in [0, 0.05) is 11.1 Å². The summed E-state index contributed by atoms with van der Waals surface area (Å²) in [6.45, 7) is 5.66. The van der Waals surface area contributed by atoms with E-state index < -0.39 is 0 Å². The zero-order valence-corrected chi connectivity index (χ0v) is 13.0. The zero-order chi connectivity index (χ0) is 15.4. The lowest BCUT2D eigenvalue weighted by atomic mass is 10.1. The first kappa shape index (κ1) is 15.4. The minimum absolute atomic E-state index is 0.149. The Hall–Kier alpha value is -1.95. The van der Waals surface area contributed by atoms with Gasteiger partial charge in [-0.2, -0.15) is 0 Å². The molecule has 2 aromatic rings. The van der Waals surface area contributed by atoms with Gasteiger partial charge in [0.1, 0.15) is 10.8 Å². The van der Waals surface area contributed by atoms with Crippen LogP contribution in [-0.2, 0) is 0 Å². The molecule has 112 valence electrons. The number of aromatic nitrogens is 1. The molecular weight excluding hydrogens is 289 g/mol. The van der Waals surface area contributed by atoms with Gasteiger partial charge < -0.3 is 10.6 Å². The van der Waals surface area contributed by atoms with E-state index in [1.54, 1.807) is 12.1 Å². The van der Waals surface area contributed by atoms with Gasteiger partial charge in [-0.15, -0.1) is 11.3 Å². The molecule has 4 nitrogen and oxygen atoms in total. The Morgan fingerprint density at radius 1 is 1.19 bits per heavy atom. The van der Waals surface area contributed by atoms with Crippen molar-refractivity contribution in [1.29, 1.82) is 0 Å². The van der Waals surface area contributed by atoms with Crippen molar-refractivity contribution in [2.75, 3.05) is 0 Å². The number of amides is 2. The maximum atomic E-state index is 12.9. The molecular formula is C15H18FN3OS. The number of aryl methyl sites for hydroxylation is 1. The average molecular weight is 307 g/mol. The number of nitrogens with one attached hydrogen (secondary N) is 2. The van der Waals surface area contributed by atoms with E-state index in [9.17, 15) is 9.18 Å². The smallest absolute Gasteiger partial charge is 0.315 e. The first-order chi connectivity index (χ1) is 9.95. The molecule has 21 heavy (non-hydrogen) atoms. The van der Waals surface area contributed by atoms with Crippen molar-refractivity contribution in [3.63, 3.8) is 0 Å². The maximum Gasteiger partial charge on any atom is 0.315 e. The molecule has 2 atom stereocenters. The van der Waals surface area contributed by atoms with Gasteiger partial charge >= 0.3 is 6.03 Å². The highest BCUT2D eigenvalue weighted by atomic mass is 32.1. The molecule has 0 fully saturated rings. The molecule has 1 aromatic heterocycles. The van der Waals surface area contributed by atoms with Gasteiger partial charge in [0.15, 0.2) is 0 Å². The summed E-state index contributed by atoms with van der Waals surface area (Å²) in [6.07, 6.45) is 0. The third-order valence-electron chi connectivity index (χ3n) is 3.07. The Labute approximate surface area is 127 Å². The number of benzene rings is 1. The van der Waals surface area contributed by atoms with Gasteiger partial charge in [0.2, 0.25) is 0 Å². The highest BCUT2D eigenvalue weighted by molar-refractivity contribution is 7.09. The van der Waals surface area contributed by atoms with Gasteiger partial charge in [-0.3, -0.25) is 0 Å². The molecule has 0 bridgehead atoms. The van der Waals surface area contributed by atoms with Crippen molar-refractivity contribution in [2.24, 2.45) is 0 Å². The van der Waals surface area contributed by atoms with Crippen molar-refractivity contribution in [3.8, 4) is 0 Å². The summed E-state index contributed by atoms with van der Waals surface area (Å²) in [7, 11) is 0. The van der Waals surface area contributed by atoms with Crippen molar-refractivity contribution in [1.82, 2.24) is 15.6 Å². The number of hydrogen-bond donors (Lipinski definition) is 2. The predicted octanol–water partition coefficient (Wildman–Crippen LogP) is 3.71. The van der Waals surface area contributed by atoms with Crippen LogP contribution in [0.2, 0.25) is 0 Å². The first-order valence-corrected chi connectivity index (χ1v) is 7.58. The number of carbonyl (C=O) groups excluding carboxylic acids is 1. The van der Waals surface area contributed by atoms with Crippen molar-refractivity contribution in [3.05, 3.63) is 51.7 Å².